The molecule has 0 spiro atoms. The van der Waals surface area contributed by atoms with E-state index in [1.165, 1.54) is 21.2 Å². The number of aromatic amines is 1. The predicted molar refractivity (Wildman–Crippen MR) is 214 cm³/mol. The van der Waals surface area contributed by atoms with Crippen LogP contribution in [0.2, 0.25) is 5.02 Å². The Kier molecular flexibility index (Phi) is 13.5. The highest BCUT2D eigenvalue weighted by atomic mass is 35.5. The largest absolute Gasteiger partial charge is 0.378 e. The number of piperazine rings is 1. The lowest BCUT2D eigenvalue weighted by atomic mass is 10.1. The van der Waals surface area contributed by atoms with Gasteiger partial charge in [-0.1, -0.05) is 47.6 Å². The van der Waals surface area contributed by atoms with E-state index in [0.29, 0.717) is 59.0 Å². The second-order valence-electron chi connectivity index (χ2n) is 13.5. The van der Waals surface area contributed by atoms with Gasteiger partial charge in [0, 0.05) is 101 Å². The van der Waals surface area contributed by atoms with Gasteiger partial charge in [-0.3, -0.25) is 14.7 Å². The Hall–Kier alpha value is -3.68. The quantitative estimate of drug-likeness (QED) is 0.0885. The molecule has 10 nitrogen and oxygen atoms in total. The Labute approximate surface area is 321 Å². The molecule has 12 heteroatoms. The molecule has 1 saturated heterocycles. The maximum Gasteiger partial charge on any atom is 0.220 e. The van der Waals surface area contributed by atoms with Gasteiger partial charge in [-0.2, -0.15) is 0 Å². The minimum Gasteiger partial charge on any atom is -0.378 e. The molecule has 0 unspecified atom stereocenters. The van der Waals surface area contributed by atoms with Gasteiger partial charge >= 0.3 is 0 Å². The second-order valence-corrected chi connectivity index (χ2v) is 15.0. The Morgan fingerprint density at radius 2 is 1.53 bits per heavy atom. The number of carbonyl (C=O) groups excluding carboxylic acids is 1. The van der Waals surface area contributed by atoms with E-state index in [-0.39, 0.29) is 5.91 Å². The maximum atomic E-state index is 12.3. The van der Waals surface area contributed by atoms with Gasteiger partial charge in [0.15, 0.2) is 0 Å². The zero-order valence-electron chi connectivity index (χ0n) is 30.2. The number of aromatic nitrogens is 2. The van der Waals surface area contributed by atoms with Crippen LogP contribution in [-0.4, -0.2) is 118 Å². The highest BCUT2D eigenvalue weighted by Gasteiger charge is 2.24. The van der Waals surface area contributed by atoms with Crippen LogP contribution in [0.3, 0.4) is 0 Å². The molecule has 0 aliphatic carbocycles. The molecule has 7 rings (SSSR count). The molecule has 0 radical (unpaired) electrons. The van der Waals surface area contributed by atoms with Gasteiger partial charge in [0.25, 0.3) is 0 Å². The first kappa shape index (κ1) is 37.6. The molecule has 3 aromatic carbocycles. The number of nitrogens with one attached hydrogen (secondary N) is 2. The molecule has 2 aromatic heterocycles. The lowest BCUT2D eigenvalue weighted by Gasteiger charge is -2.36. The van der Waals surface area contributed by atoms with E-state index >= 15 is 0 Å². The maximum absolute atomic E-state index is 12.3. The third kappa shape index (κ3) is 10.3. The summed E-state index contributed by atoms with van der Waals surface area (Å²) in [5.41, 5.74) is 5.75. The molecule has 0 bridgehead atoms. The number of rotatable bonds is 19. The number of aryl methyl sites for hydroxylation is 1. The lowest BCUT2D eigenvalue weighted by Crippen LogP contribution is -2.47. The number of halogens is 1. The molecule has 53 heavy (non-hydrogen) atoms. The van der Waals surface area contributed by atoms with Gasteiger partial charge in [0.2, 0.25) is 5.91 Å². The summed E-state index contributed by atoms with van der Waals surface area (Å²) < 4.78 is 17.1. The fraction of sp³-hybridized carbons (Fsp3) is 0.415. The van der Waals surface area contributed by atoms with Gasteiger partial charge < -0.3 is 34.3 Å². The third-order valence-corrected chi connectivity index (χ3v) is 11.2. The second kappa shape index (κ2) is 19.1. The van der Waals surface area contributed by atoms with Crippen molar-refractivity contribution in [3.05, 3.63) is 89.7 Å². The fourth-order valence-electron chi connectivity index (χ4n) is 7.03. The van der Waals surface area contributed by atoms with Crippen molar-refractivity contribution in [3.63, 3.8) is 0 Å². The van der Waals surface area contributed by atoms with Crippen molar-refractivity contribution in [2.24, 2.45) is 0 Å². The number of benzene rings is 3. The molecule has 280 valence electrons. The Bertz CT molecular complexity index is 1950. The summed E-state index contributed by atoms with van der Waals surface area (Å²) in [5.74, 6) is 0.0254. The highest BCUT2D eigenvalue weighted by molar-refractivity contribution is 7.99. The summed E-state index contributed by atoms with van der Waals surface area (Å²) in [6.45, 7) is 11.1. The average molecular weight is 757 g/mol. The number of amides is 1. The van der Waals surface area contributed by atoms with Gasteiger partial charge in [0.05, 0.1) is 51.0 Å². The van der Waals surface area contributed by atoms with Crippen LogP contribution in [0.1, 0.15) is 18.4 Å². The first-order valence-corrected chi connectivity index (χ1v) is 19.9. The van der Waals surface area contributed by atoms with E-state index in [1.54, 1.807) is 6.20 Å². The summed E-state index contributed by atoms with van der Waals surface area (Å²) >= 11 is 8.22. The molecule has 2 aliphatic rings. The van der Waals surface area contributed by atoms with Crippen LogP contribution in [0.25, 0.3) is 21.8 Å². The molecule has 1 amide bonds. The van der Waals surface area contributed by atoms with Crippen molar-refractivity contribution < 1.29 is 19.0 Å². The molecule has 5 aromatic rings. The minimum atomic E-state index is 0.0254. The first-order chi connectivity index (χ1) is 26.1. The smallest absolute Gasteiger partial charge is 0.220 e. The molecule has 4 heterocycles. The number of ether oxygens (including phenoxy) is 3. The number of para-hydroxylation sites is 1. The van der Waals surface area contributed by atoms with Crippen molar-refractivity contribution in [1.82, 2.24) is 25.1 Å². The van der Waals surface area contributed by atoms with Crippen LogP contribution >= 0.6 is 23.4 Å². The summed E-state index contributed by atoms with van der Waals surface area (Å²) in [6.07, 6.45) is 5.89. The van der Waals surface area contributed by atoms with E-state index in [9.17, 15) is 4.79 Å². The SMILES string of the molecule is O=C(CCc1ccc2c(c1)[nH]c1ccncc12)NCCOCCOCCOCCN1CCN(CCCN2c3ccccc3Sc3ccc(Cl)cc32)CC1. The van der Waals surface area contributed by atoms with Crippen molar-refractivity contribution in [2.75, 3.05) is 96.9 Å². The lowest BCUT2D eigenvalue weighted by molar-refractivity contribution is -0.121. The minimum absolute atomic E-state index is 0.0254. The van der Waals surface area contributed by atoms with E-state index in [4.69, 9.17) is 25.8 Å². The normalized spacial score (nSPS) is 14.8. The third-order valence-electron chi connectivity index (χ3n) is 9.88. The summed E-state index contributed by atoms with van der Waals surface area (Å²) in [6, 6.07) is 23.2. The molecular weight excluding hydrogens is 708 g/mol. The van der Waals surface area contributed by atoms with E-state index in [2.05, 4.69) is 84.6 Å². The highest BCUT2D eigenvalue weighted by Crippen LogP contribution is 2.48. The van der Waals surface area contributed by atoms with Crippen LogP contribution in [-0.2, 0) is 25.4 Å². The van der Waals surface area contributed by atoms with Crippen molar-refractivity contribution in [1.29, 1.82) is 0 Å². The van der Waals surface area contributed by atoms with Gasteiger partial charge in [-0.05, 0) is 67.4 Å². The van der Waals surface area contributed by atoms with Crippen LogP contribution in [0, 0.1) is 0 Å². The number of nitrogens with zero attached hydrogens (tertiary/aromatic N) is 4. The Morgan fingerprint density at radius 1 is 0.774 bits per heavy atom. The van der Waals surface area contributed by atoms with Crippen LogP contribution in [0.4, 0.5) is 11.4 Å². The van der Waals surface area contributed by atoms with E-state index in [0.717, 1.165) is 84.6 Å². The summed E-state index contributed by atoms with van der Waals surface area (Å²) in [5, 5.41) is 5.99. The topological polar surface area (TPSA) is 95.2 Å². The van der Waals surface area contributed by atoms with Crippen LogP contribution < -0.4 is 10.2 Å². The molecule has 2 aliphatic heterocycles. The number of hydrogen-bond donors (Lipinski definition) is 2. The van der Waals surface area contributed by atoms with Crippen molar-refractivity contribution in [3.8, 4) is 0 Å². The number of carbonyl (C=O) groups is 1. The summed E-state index contributed by atoms with van der Waals surface area (Å²) in [7, 11) is 0. The number of anilines is 2. The predicted octanol–water partition coefficient (Wildman–Crippen LogP) is 6.78. The Morgan fingerprint density at radius 3 is 2.38 bits per heavy atom. The van der Waals surface area contributed by atoms with Gasteiger partial charge in [-0.25, -0.2) is 0 Å². The van der Waals surface area contributed by atoms with Crippen LogP contribution in [0.15, 0.2) is 88.9 Å². The summed E-state index contributed by atoms with van der Waals surface area (Å²) in [4.78, 5) is 30.1. The molecule has 0 saturated carbocycles. The number of H-pyrrole nitrogens is 1. The number of hydrogen-bond acceptors (Lipinski definition) is 9. The fourth-order valence-corrected chi connectivity index (χ4v) is 8.27. The molecule has 0 atom stereocenters. The zero-order valence-corrected chi connectivity index (χ0v) is 31.8. The first-order valence-electron chi connectivity index (χ1n) is 18.7. The molecular formula is C41H49ClN6O4S. The molecule has 1 fully saturated rings. The van der Waals surface area contributed by atoms with Crippen LogP contribution in [0.5, 0.6) is 0 Å². The van der Waals surface area contributed by atoms with Crippen molar-refractivity contribution >= 4 is 62.5 Å². The standard InChI is InChI=1S/C41H49ClN6O4S/c42-32-8-10-40-38(29-32)48(37-4-1-2-5-39(37)53-40)16-3-15-46-17-19-47(20-18-46)21-23-51-25-27-52-26-24-50-22-14-44-41(49)11-7-31-6-9-33-34-30-43-13-12-35(34)45-36(33)28-31/h1-2,4-6,8-10,12-13,28-30,45H,3,7,11,14-27H2,(H,44,49). The average Bonchev–Trinajstić information content (AvgIpc) is 3.56. The zero-order chi connectivity index (χ0) is 36.2. The Balaban J connectivity index is 0.670. The number of fused-ring (bicyclic) bond motifs is 5. The molecule has 2 N–H and O–H groups in total. The van der Waals surface area contributed by atoms with E-state index in [1.807, 2.05) is 30.1 Å². The van der Waals surface area contributed by atoms with Crippen molar-refractivity contribution in [2.45, 2.75) is 29.1 Å². The van der Waals surface area contributed by atoms with Gasteiger partial charge in [-0.15, -0.1) is 0 Å². The van der Waals surface area contributed by atoms with Gasteiger partial charge in [0.1, 0.15) is 0 Å². The monoisotopic (exact) mass is 756 g/mol. The van der Waals surface area contributed by atoms with E-state index < -0.39 is 0 Å². The number of pyridine rings is 1.